The van der Waals surface area contributed by atoms with E-state index in [9.17, 15) is 0 Å². The highest BCUT2D eigenvalue weighted by Crippen LogP contribution is 2.18. The number of aliphatic hydroxyl groups is 2. The third kappa shape index (κ3) is 3.24. The van der Waals surface area contributed by atoms with Gasteiger partial charge >= 0.3 is 0 Å². The molecular weight excluding hydrogens is 261 g/mol. The summed E-state index contributed by atoms with van der Waals surface area (Å²) < 4.78 is 0.594. The molecule has 64 valence electrons. The fourth-order valence-electron chi connectivity index (χ4n) is 0.462. The van der Waals surface area contributed by atoms with E-state index >= 15 is 0 Å². The fourth-order valence-corrected chi connectivity index (χ4v) is 1.19. The van der Waals surface area contributed by atoms with E-state index in [4.69, 9.17) is 15.7 Å². The standard InChI is InChI=1S/C5H11IN3O2/c6-1-5(3-10,4-11)2-8-9-7/h7,10-11H,1-4H2/q+1. The van der Waals surface area contributed by atoms with Crippen LogP contribution in [0.1, 0.15) is 0 Å². The summed E-state index contributed by atoms with van der Waals surface area (Å²) in [7, 11) is 0. The highest BCUT2D eigenvalue weighted by Gasteiger charge is 2.29. The Kier molecular flexibility index (Phi) is 5.57. The SMILES string of the molecule is N=[N+]=NCC(CO)(CO)CI. The van der Waals surface area contributed by atoms with Crippen LogP contribution in [0.5, 0.6) is 0 Å². The zero-order valence-electron chi connectivity index (χ0n) is 6.00. The van der Waals surface area contributed by atoms with Crippen molar-refractivity contribution in [1.29, 1.82) is 5.53 Å². The first kappa shape index (κ1) is 11.0. The maximum atomic E-state index is 8.88. The van der Waals surface area contributed by atoms with Crippen LogP contribution in [0.4, 0.5) is 0 Å². The molecule has 11 heavy (non-hydrogen) atoms. The van der Waals surface area contributed by atoms with E-state index in [1.54, 1.807) is 0 Å². The van der Waals surface area contributed by atoms with Crippen molar-refractivity contribution in [1.82, 2.24) is 4.91 Å². The van der Waals surface area contributed by atoms with Gasteiger partial charge in [-0.2, -0.15) is 0 Å². The van der Waals surface area contributed by atoms with Crippen molar-refractivity contribution in [3.8, 4) is 0 Å². The summed E-state index contributed by atoms with van der Waals surface area (Å²) in [5, 5.41) is 21.2. The third-order valence-electron chi connectivity index (χ3n) is 1.43. The van der Waals surface area contributed by atoms with Crippen LogP contribution in [0, 0.1) is 10.9 Å². The predicted molar refractivity (Wildman–Crippen MR) is 47.6 cm³/mol. The van der Waals surface area contributed by atoms with Crippen LogP contribution in [0.15, 0.2) is 5.11 Å². The first-order chi connectivity index (χ1) is 5.24. The second-order valence-corrected chi connectivity index (χ2v) is 3.11. The number of hydrogen-bond acceptors (Lipinski definition) is 4. The maximum absolute atomic E-state index is 8.88. The molecular formula is C5H11IN3O2+. The Morgan fingerprint density at radius 1 is 1.45 bits per heavy atom. The van der Waals surface area contributed by atoms with E-state index in [-0.39, 0.29) is 19.8 Å². The summed E-state index contributed by atoms with van der Waals surface area (Å²) >= 11 is 2.06. The normalized spacial score (nSPS) is 10.8. The van der Waals surface area contributed by atoms with Gasteiger partial charge in [0.25, 0.3) is 0 Å². The highest BCUT2D eigenvalue weighted by atomic mass is 127. The molecule has 0 saturated heterocycles. The van der Waals surface area contributed by atoms with E-state index in [1.165, 1.54) is 0 Å². The number of alkyl halides is 1. The lowest BCUT2D eigenvalue weighted by Gasteiger charge is -2.21. The van der Waals surface area contributed by atoms with Gasteiger partial charge in [0.15, 0.2) is 0 Å². The summed E-state index contributed by atoms with van der Waals surface area (Å²) in [6, 6.07) is 0. The van der Waals surface area contributed by atoms with E-state index in [0.717, 1.165) is 0 Å². The minimum atomic E-state index is -0.606. The molecule has 5 nitrogen and oxygen atoms in total. The lowest BCUT2D eigenvalue weighted by atomic mass is 9.94. The Hall–Kier alpha value is -0.0400. The largest absolute Gasteiger partial charge is 0.396 e. The van der Waals surface area contributed by atoms with Gasteiger partial charge in [0.1, 0.15) is 17.2 Å². The number of hydrogen-bond donors (Lipinski definition) is 3. The molecule has 0 spiro atoms. The average Bonchev–Trinajstić information content (AvgIpc) is 2.08. The Morgan fingerprint density at radius 2 is 2.00 bits per heavy atom. The summed E-state index contributed by atoms with van der Waals surface area (Å²) in [5.74, 6) is 0. The summed E-state index contributed by atoms with van der Waals surface area (Å²) in [4.78, 5) is 2.81. The summed E-state index contributed by atoms with van der Waals surface area (Å²) in [6.07, 6.45) is 0. The van der Waals surface area contributed by atoms with Gasteiger partial charge in [-0.25, -0.2) is 0 Å². The Morgan fingerprint density at radius 3 is 2.27 bits per heavy atom. The van der Waals surface area contributed by atoms with Crippen molar-refractivity contribution in [3.63, 3.8) is 0 Å². The molecule has 0 atom stereocenters. The van der Waals surface area contributed by atoms with Crippen molar-refractivity contribution >= 4 is 22.6 Å². The minimum Gasteiger partial charge on any atom is -0.396 e. The fraction of sp³-hybridized carbons (Fsp3) is 1.00. The zero-order valence-corrected chi connectivity index (χ0v) is 8.15. The third-order valence-corrected chi connectivity index (χ3v) is 3.05. The van der Waals surface area contributed by atoms with Crippen LogP contribution in [-0.2, 0) is 0 Å². The lowest BCUT2D eigenvalue weighted by molar-refractivity contribution is 0.0823. The molecule has 0 amide bonds. The quantitative estimate of drug-likeness (QED) is 0.283. The highest BCUT2D eigenvalue weighted by molar-refractivity contribution is 14.1. The number of rotatable bonds is 5. The molecule has 0 unspecified atom stereocenters. The maximum Gasteiger partial charge on any atom is 0.214 e. The molecule has 3 N–H and O–H groups in total. The lowest BCUT2D eigenvalue weighted by Crippen LogP contribution is -2.34. The molecule has 0 aliphatic carbocycles. The van der Waals surface area contributed by atoms with E-state index in [0.29, 0.717) is 4.43 Å². The van der Waals surface area contributed by atoms with Crippen molar-refractivity contribution < 1.29 is 10.2 Å². The van der Waals surface area contributed by atoms with E-state index in [2.05, 4.69) is 32.6 Å². The second kappa shape index (κ2) is 5.59. The number of halogens is 1. The number of nitrogens with one attached hydrogen (secondary N) is 1. The van der Waals surface area contributed by atoms with Crippen molar-refractivity contribution in [2.24, 2.45) is 10.5 Å². The zero-order chi connectivity index (χ0) is 8.74. The van der Waals surface area contributed by atoms with Crippen molar-refractivity contribution in [2.75, 3.05) is 24.2 Å². The first-order valence-corrected chi connectivity index (χ1v) is 4.58. The van der Waals surface area contributed by atoms with E-state index in [1.807, 2.05) is 0 Å². The van der Waals surface area contributed by atoms with Gasteiger partial charge in [0, 0.05) is 4.43 Å². The number of aliphatic hydroxyl groups excluding tert-OH is 2. The monoisotopic (exact) mass is 272 g/mol. The molecule has 0 fully saturated rings. The van der Waals surface area contributed by atoms with Gasteiger partial charge in [0.2, 0.25) is 4.91 Å². The molecule has 0 radical (unpaired) electrons. The summed E-state index contributed by atoms with van der Waals surface area (Å²) in [6.45, 7) is -0.0661. The van der Waals surface area contributed by atoms with Gasteiger partial charge in [-0.3, -0.25) is 0 Å². The molecule has 0 aromatic rings. The van der Waals surface area contributed by atoms with Gasteiger partial charge in [-0.05, 0) is 0 Å². The van der Waals surface area contributed by atoms with Crippen molar-refractivity contribution in [3.05, 3.63) is 0 Å². The second-order valence-electron chi connectivity index (χ2n) is 2.35. The molecule has 0 heterocycles. The smallest absolute Gasteiger partial charge is 0.214 e. The van der Waals surface area contributed by atoms with Crippen molar-refractivity contribution in [2.45, 2.75) is 0 Å². The van der Waals surface area contributed by atoms with Gasteiger partial charge in [-0.1, -0.05) is 22.6 Å². The average molecular weight is 272 g/mol. The van der Waals surface area contributed by atoms with Gasteiger partial charge in [0.05, 0.1) is 18.6 Å². The van der Waals surface area contributed by atoms with Crippen LogP contribution in [0.2, 0.25) is 0 Å². The van der Waals surface area contributed by atoms with Crippen LogP contribution in [0.3, 0.4) is 0 Å². The van der Waals surface area contributed by atoms with Crippen LogP contribution >= 0.6 is 22.6 Å². The predicted octanol–water partition coefficient (Wildman–Crippen LogP) is -0.0572. The van der Waals surface area contributed by atoms with Gasteiger partial charge < -0.3 is 10.2 Å². The molecule has 0 saturated carbocycles. The van der Waals surface area contributed by atoms with Gasteiger partial charge in [-0.15, -0.1) is 0 Å². The molecule has 0 bridgehead atoms. The molecule has 0 aliphatic heterocycles. The summed E-state index contributed by atoms with van der Waals surface area (Å²) in [5.41, 5.74) is 5.79. The van der Waals surface area contributed by atoms with E-state index < -0.39 is 5.41 Å². The topological polar surface area (TPSA) is 90.8 Å². The molecule has 0 aromatic carbocycles. The Labute approximate surface area is 78.2 Å². The number of nitrogens with zero attached hydrogens (tertiary/aromatic N) is 2. The minimum absolute atomic E-state index is 0.133. The van der Waals surface area contributed by atoms with Crippen LogP contribution in [0.25, 0.3) is 0 Å². The Balaban J connectivity index is 4.15. The molecule has 0 rings (SSSR count). The molecule has 0 aliphatic rings. The Bertz CT molecular complexity index is 146. The molecule has 0 aromatic heterocycles. The van der Waals surface area contributed by atoms with Crippen LogP contribution < -0.4 is 4.91 Å². The molecule has 6 heteroatoms. The first-order valence-electron chi connectivity index (χ1n) is 3.05. The van der Waals surface area contributed by atoms with Crippen LogP contribution in [-0.4, -0.2) is 34.4 Å².